The molecule has 0 radical (unpaired) electrons. The third kappa shape index (κ3) is 15.9. The Balaban J connectivity index is 0.558. The number of allylic oxidation sites excluding steroid dienone is 4. The molecule has 16 heteroatoms. The molecule has 2 aliphatic heterocycles. The summed E-state index contributed by atoms with van der Waals surface area (Å²) in [6.07, 6.45) is 31.7. The number of ether oxygens (including phenoxy) is 8. The highest BCUT2D eigenvalue weighted by Crippen LogP contribution is 2.77. The van der Waals surface area contributed by atoms with Crippen molar-refractivity contribution >= 4 is 163 Å². The van der Waals surface area contributed by atoms with Crippen molar-refractivity contribution in [2.24, 2.45) is 0 Å². The van der Waals surface area contributed by atoms with Crippen molar-refractivity contribution in [3.05, 3.63) is 245 Å². The van der Waals surface area contributed by atoms with E-state index in [4.69, 9.17) is 37.9 Å². The van der Waals surface area contributed by atoms with Crippen LogP contribution in [0, 0.1) is 0 Å². The van der Waals surface area contributed by atoms with Gasteiger partial charge < -0.3 is 37.9 Å². The van der Waals surface area contributed by atoms with Crippen LogP contribution in [0.1, 0.15) is 191 Å². The number of hydrogen-bond acceptors (Lipinski definition) is 10. The summed E-state index contributed by atoms with van der Waals surface area (Å²) in [6, 6.07) is 68.3. The van der Waals surface area contributed by atoms with Crippen molar-refractivity contribution in [1.82, 2.24) is 0 Å². The number of aryl methyl sites for hydroxylation is 2. The Morgan fingerprint density at radius 2 is 0.537 bits per heavy atom. The number of halogens is 6. The SMILES string of the molecule is CCCCCCCCCCCCc1cc2c3cccc4c5cc(-c6ccc(OCCOCCOCCOC)cc6)cc6c7cc(-c8ccc(OCCOCCOCCOc9ccc(C%10=CC%11=C%12C(=C%13C=C(c%14ccccc%14)SC%13(CC)C%11(CC)S%10)C(F)(F)C(F)(F)C%12(F)F)cc9)cc8)cc8c9cccc%10c%11cc(CCCCCCCCCCCC)cc%12c(c1)c2c1c(c34)c(c56)c(c87)c(c%109)c1c%11%12. The Hall–Kier alpha value is -10.1. The van der Waals surface area contributed by atoms with Gasteiger partial charge in [-0.05, 0) is 296 Å². The van der Waals surface area contributed by atoms with Gasteiger partial charge in [0.1, 0.15) is 37.1 Å². The molecule has 21 rings (SSSR count). The first-order valence-corrected chi connectivity index (χ1v) is 51.9. The molecule has 1 fully saturated rings. The number of alkyl halides is 6. The molecule has 0 N–H and O–H groups in total. The van der Waals surface area contributed by atoms with Crippen LogP contribution in [0.15, 0.2) is 223 Å². The molecule has 702 valence electrons. The normalized spacial score (nSPS) is 17.6. The van der Waals surface area contributed by atoms with Crippen LogP contribution in [0.5, 0.6) is 17.2 Å². The zero-order valence-electron chi connectivity index (χ0n) is 78.9. The maximum Gasteiger partial charge on any atom is 0.380 e. The summed E-state index contributed by atoms with van der Waals surface area (Å²) in [5.74, 6) is -13.8. The lowest BCUT2D eigenvalue weighted by Crippen LogP contribution is -2.52. The van der Waals surface area contributed by atoms with Crippen molar-refractivity contribution < 1.29 is 64.2 Å². The molecule has 0 bridgehead atoms. The van der Waals surface area contributed by atoms with E-state index < -0.39 is 38.4 Å². The molecule has 0 aromatic heterocycles. The van der Waals surface area contributed by atoms with Gasteiger partial charge in [-0.1, -0.05) is 271 Å². The summed E-state index contributed by atoms with van der Waals surface area (Å²) >= 11 is 2.61. The maximum absolute atomic E-state index is 16.3. The lowest BCUT2D eigenvalue weighted by molar-refractivity contribution is -0.258. The van der Waals surface area contributed by atoms with Crippen LogP contribution in [0.3, 0.4) is 0 Å². The fraction of sp³-hybridized carbons (Fsp3) is 0.383. The van der Waals surface area contributed by atoms with Gasteiger partial charge in [-0.25, -0.2) is 0 Å². The first-order chi connectivity index (χ1) is 66.6. The van der Waals surface area contributed by atoms with Crippen molar-refractivity contribution in [3.63, 3.8) is 0 Å². The van der Waals surface area contributed by atoms with Crippen molar-refractivity contribution in [2.75, 3.05) is 86.4 Å². The van der Waals surface area contributed by atoms with Crippen LogP contribution in [-0.2, 0) is 36.5 Å². The number of rotatable bonds is 49. The van der Waals surface area contributed by atoms with E-state index in [1.165, 1.54) is 304 Å². The summed E-state index contributed by atoms with van der Waals surface area (Å²) < 4.78 is 142. The molecular weight excluding hydrogens is 1750 g/mol. The first kappa shape index (κ1) is 92.2. The van der Waals surface area contributed by atoms with E-state index in [-0.39, 0.29) is 37.2 Å². The van der Waals surface area contributed by atoms with Crippen molar-refractivity contribution in [3.8, 4) is 39.5 Å². The predicted molar refractivity (Wildman–Crippen MR) is 556 cm³/mol. The second-order valence-corrected chi connectivity index (χ2v) is 41.1. The van der Waals surface area contributed by atoms with Crippen LogP contribution >= 0.6 is 23.5 Å². The monoisotopic (exact) mass is 1870 g/mol. The average molecular weight is 1870 g/mol. The fourth-order valence-corrected chi connectivity index (χ4v) is 27.3. The lowest BCUT2D eigenvalue weighted by atomic mass is 9.67. The van der Waals surface area contributed by atoms with E-state index in [9.17, 15) is 0 Å². The zero-order valence-corrected chi connectivity index (χ0v) is 80.5. The molecule has 1 saturated carbocycles. The molecule has 2 heterocycles. The molecule has 17 aromatic rings. The summed E-state index contributed by atoms with van der Waals surface area (Å²) in [5, 5.41) is 32.3. The van der Waals surface area contributed by atoms with Gasteiger partial charge in [0.25, 0.3) is 0 Å². The Morgan fingerprint density at radius 3 is 0.868 bits per heavy atom. The molecule has 2 atom stereocenters. The van der Waals surface area contributed by atoms with Crippen LogP contribution in [-0.4, -0.2) is 114 Å². The van der Waals surface area contributed by atoms with Gasteiger partial charge in [0.15, 0.2) is 0 Å². The van der Waals surface area contributed by atoms with E-state index in [2.05, 4.69) is 147 Å². The molecule has 2 aliphatic carbocycles. The molecule has 0 saturated heterocycles. The third-order valence-electron chi connectivity index (χ3n) is 30.3. The molecular formula is C120H120F6O8S2. The van der Waals surface area contributed by atoms with Gasteiger partial charge in [-0.2, -0.15) is 26.3 Å². The lowest BCUT2D eigenvalue weighted by Gasteiger charge is -2.50. The van der Waals surface area contributed by atoms with E-state index >= 15 is 26.3 Å². The number of unbranched alkanes of at least 4 members (excludes halogenated alkanes) is 18. The second-order valence-electron chi connectivity index (χ2n) is 38.4. The smallest absolute Gasteiger partial charge is 0.380 e. The van der Waals surface area contributed by atoms with Gasteiger partial charge in [-0.3, -0.25) is 0 Å². The quantitative estimate of drug-likeness (QED) is 0.0159. The van der Waals surface area contributed by atoms with Crippen LogP contribution < -0.4 is 14.2 Å². The second kappa shape index (κ2) is 38.9. The Kier molecular flexibility index (Phi) is 26.4. The minimum atomic E-state index is -5.64. The van der Waals surface area contributed by atoms with Gasteiger partial charge in [0.2, 0.25) is 0 Å². The summed E-state index contributed by atoms with van der Waals surface area (Å²) in [5.41, 5.74) is 5.87. The van der Waals surface area contributed by atoms with Gasteiger partial charge in [-0.15, -0.1) is 23.5 Å². The molecule has 8 nitrogen and oxygen atoms in total. The summed E-state index contributed by atoms with van der Waals surface area (Å²) in [6.45, 7) is 13.0. The van der Waals surface area contributed by atoms with Crippen molar-refractivity contribution in [2.45, 2.75) is 209 Å². The van der Waals surface area contributed by atoms with Gasteiger partial charge >= 0.3 is 17.8 Å². The first-order valence-electron chi connectivity index (χ1n) is 50.3. The zero-order chi connectivity index (χ0) is 93.0. The molecule has 136 heavy (non-hydrogen) atoms. The predicted octanol–water partition coefficient (Wildman–Crippen LogP) is 33.7. The Morgan fingerprint density at radius 1 is 0.257 bits per heavy atom. The van der Waals surface area contributed by atoms with E-state index in [1.54, 1.807) is 43.5 Å². The molecule has 0 amide bonds. The number of methoxy groups -OCH3 is 1. The number of benzene rings is 17. The number of thioether (sulfide) groups is 2. The fourth-order valence-electron chi connectivity index (χ4n) is 23.8. The minimum absolute atomic E-state index is 0.145. The van der Waals surface area contributed by atoms with E-state index in [0.29, 0.717) is 92.8 Å². The average Bonchev–Trinajstić information content (AvgIpc) is 1.60. The highest BCUT2D eigenvalue weighted by molar-refractivity contribution is 8.14. The molecule has 17 aromatic carbocycles. The standard InChI is InChI=1S/C120H120F6O8S2/c1-6-10-12-14-16-18-20-22-24-27-33-75-65-90-86-37-31-39-88-94-69-81(77-41-47-83(48-42-77)132-62-59-129-56-55-128-54-53-127-5)71-96-97-72-82(70-95-89-40-32-38-87-91-66-76(34-28-25-23-21-19-17-15-13-11-7-2)68-93-92(67-75)104(90)110-108(102(86)88)112(106(94)96)113(107(95)97)109(103(87)89)111(110)105(91)93)78-43-49-84(50-44-78)133-63-60-130-57-58-131-61-64-134-85-51-45-80(46-52-85)101-74-99-115-114(118(121,122)120(125,126)119(115,123)124)98-73-100(79-35-29-26-30-36-79)135-116(98,8-3)117(99,9-4)136-101/h26,29-32,35-52,65-74H,6-25,27-28,33-34,53-64H2,1-5H3. The highest BCUT2D eigenvalue weighted by atomic mass is 32.2. The number of hydrogen-bond donors (Lipinski definition) is 0. The van der Waals surface area contributed by atoms with E-state index in [1.807, 2.05) is 32.0 Å². The highest BCUT2D eigenvalue weighted by Gasteiger charge is 2.85. The van der Waals surface area contributed by atoms with Crippen LogP contribution in [0.25, 0.3) is 161 Å². The van der Waals surface area contributed by atoms with Crippen molar-refractivity contribution in [1.29, 1.82) is 0 Å². The minimum Gasteiger partial charge on any atom is -0.491 e. The summed E-state index contributed by atoms with van der Waals surface area (Å²) in [7, 11) is 1.67. The van der Waals surface area contributed by atoms with Gasteiger partial charge in [0, 0.05) is 28.1 Å². The largest absolute Gasteiger partial charge is 0.491 e. The third-order valence-corrected chi connectivity index (χ3v) is 33.9. The molecule has 4 aliphatic rings. The topological polar surface area (TPSA) is 73.8 Å². The maximum atomic E-state index is 16.3. The Bertz CT molecular complexity index is 7240. The summed E-state index contributed by atoms with van der Waals surface area (Å²) in [4.78, 5) is 1.10. The Labute approximate surface area is 801 Å². The molecule has 2 unspecified atom stereocenters. The van der Waals surface area contributed by atoms with Crippen LogP contribution in [0.4, 0.5) is 26.3 Å². The number of fused-ring (bicyclic) bond motifs is 10. The molecule has 0 spiro atoms. The van der Waals surface area contributed by atoms with Gasteiger partial charge in [0.05, 0.1) is 69.0 Å². The van der Waals surface area contributed by atoms with E-state index in [0.717, 1.165) is 46.6 Å². The van der Waals surface area contributed by atoms with Crippen LogP contribution in [0.2, 0.25) is 0 Å².